The highest BCUT2D eigenvalue weighted by molar-refractivity contribution is 7.89. The largest absolute Gasteiger partial charge is 0.492 e. The summed E-state index contributed by atoms with van der Waals surface area (Å²) in [7, 11) is -3.59. The van der Waals surface area contributed by atoms with E-state index in [-0.39, 0.29) is 16.2 Å². The topological polar surface area (TPSA) is 63.0 Å². The van der Waals surface area contributed by atoms with Gasteiger partial charge in [-0.3, -0.25) is 4.90 Å². The second kappa shape index (κ2) is 8.13. The van der Waals surface area contributed by atoms with Crippen molar-refractivity contribution in [3.8, 4) is 5.75 Å². The van der Waals surface area contributed by atoms with Crippen molar-refractivity contribution in [3.05, 3.63) is 48.4 Å². The molecule has 1 spiro atoms. The van der Waals surface area contributed by atoms with E-state index in [9.17, 15) is 8.42 Å². The zero-order chi connectivity index (χ0) is 20.5. The Labute approximate surface area is 173 Å². The highest BCUT2D eigenvalue weighted by Crippen LogP contribution is 2.39. The van der Waals surface area contributed by atoms with Gasteiger partial charge in [0.15, 0.2) is 0 Å². The fraction of sp³-hybridized carbons (Fsp3) is 0.545. The molecule has 1 aromatic heterocycles. The maximum absolute atomic E-state index is 13.4. The molecule has 1 saturated heterocycles. The molecule has 4 rings (SSSR count). The van der Waals surface area contributed by atoms with Crippen LogP contribution in [-0.4, -0.2) is 50.4 Å². The van der Waals surface area contributed by atoms with E-state index >= 15 is 0 Å². The molecule has 0 radical (unpaired) electrons. The average Bonchev–Trinajstić information content (AvgIpc) is 3.20. The summed E-state index contributed by atoms with van der Waals surface area (Å²) in [6, 6.07) is 9.02. The molecular weight excluding hydrogens is 388 g/mol. The highest BCUT2D eigenvalue weighted by Gasteiger charge is 2.42. The van der Waals surface area contributed by atoms with Crippen LogP contribution in [0.4, 0.5) is 0 Å². The molecule has 2 aromatic rings. The summed E-state index contributed by atoms with van der Waals surface area (Å²) in [4.78, 5) is 2.69. The van der Waals surface area contributed by atoms with Gasteiger partial charge in [-0.1, -0.05) is 26.0 Å². The molecule has 1 aromatic carbocycles. The van der Waals surface area contributed by atoms with E-state index in [4.69, 9.17) is 9.15 Å². The number of ether oxygens (including phenoxy) is 1. The molecule has 0 atom stereocenters. The third-order valence-corrected chi connectivity index (χ3v) is 7.84. The van der Waals surface area contributed by atoms with Gasteiger partial charge in [0.05, 0.1) is 19.1 Å². The Hall–Kier alpha value is -1.83. The van der Waals surface area contributed by atoms with E-state index in [2.05, 4.69) is 18.7 Å². The molecule has 0 unspecified atom stereocenters. The fourth-order valence-electron chi connectivity index (χ4n) is 4.36. The maximum Gasteiger partial charge on any atom is 0.246 e. The first-order valence-corrected chi connectivity index (χ1v) is 11.8. The predicted molar refractivity (Wildman–Crippen MR) is 111 cm³/mol. The Morgan fingerprint density at radius 2 is 1.90 bits per heavy atom. The summed E-state index contributed by atoms with van der Waals surface area (Å²) in [5.41, 5.74) is 1.01. The lowest BCUT2D eigenvalue weighted by atomic mass is 9.78. The Balaban J connectivity index is 1.57. The SMILES string of the molecule is CC(C)CN1CC2(CCN(Cc3ccoc3)CC2)COc2ccccc2S1(=O)=O. The van der Waals surface area contributed by atoms with Crippen molar-refractivity contribution in [2.75, 3.05) is 32.8 Å². The molecule has 0 N–H and O–H groups in total. The standard InChI is InChI=1S/C22H30N2O4S/c1-18(2)13-24-16-22(8-10-23(11-9-22)14-19-7-12-27-15-19)17-28-20-5-3-4-6-21(20)29(24,25)26/h3-7,12,15,18H,8-11,13-14,16-17H2,1-2H3. The summed E-state index contributed by atoms with van der Waals surface area (Å²) < 4.78 is 39.9. The van der Waals surface area contributed by atoms with Crippen LogP contribution in [0.1, 0.15) is 32.3 Å². The Bertz CT molecular complexity index is 916. The van der Waals surface area contributed by atoms with Crippen LogP contribution < -0.4 is 4.74 Å². The van der Waals surface area contributed by atoms with Gasteiger partial charge in [-0.25, -0.2) is 8.42 Å². The van der Waals surface area contributed by atoms with Crippen molar-refractivity contribution in [1.82, 2.24) is 9.21 Å². The summed E-state index contributed by atoms with van der Waals surface area (Å²) in [6.07, 6.45) is 5.32. The van der Waals surface area contributed by atoms with Crippen molar-refractivity contribution >= 4 is 10.0 Å². The minimum atomic E-state index is -3.59. The zero-order valence-corrected chi connectivity index (χ0v) is 18.0. The number of piperidine rings is 1. The monoisotopic (exact) mass is 418 g/mol. The average molecular weight is 419 g/mol. The predicted octanol–water partition coefficient (Wildman–Crippen LogP) is 3.60. The van der Waals surface area contributed by atoms with Crippen LogP contribution in [0.3, 0.4) is 0 Å². The molecule has 2 aliphatic heterocycles. The van der Waals surface area contributed by atoms with E-state index < -0.39 is 10.0 Å². The Morgan fingerprint density at radius 3 is 2.59 bits per heavy atom. The first-order chi connectivity index (χ1) is 13.9. The fourth-order valence-corrected chi connectivity index (χ4v) is 6.20. The summed E-state index contributed by atoms with van der Waals surface area (Å²) in [5.74, 6) is 0.733. The second-order valence-electron chi connectivity index (χ2n) is 8.83. The number of rotatable bonds is 4. The number of fused-ring (bicyclic) bond motifs is 1. The van der Waals surface area contributed by atoms with Gasteiger partial charge in [-0.2, -0.15) is 4.31 Å². The van der Waals surface area contributed by atoms with Crippen molar-refractivity contribution in [2.24, 2.45) is 11.3 Å². The van der Waals surface area contributed by atoms with E-state index in [1.807, 2.05) is 12.1 Å². The van der Waals surface area contributed by atoms with Crippen LogP contribution >= 0.6 is 0 Å². The van der Waals surface area contributed by atoms with Gasteiger partial charge >= 0.3 is 0 Å². The molecule has 0 saturated carbocycles. The summed E-state index contributed by atoms with van der Waals surface area (Å²) in [5, 5.41) is 0. The first kappa shape index (κ1) is 20.4. The molecule has 158 valence electrons. The number of hydrogen-bond donors (Lipinski definition) is 0. The number of nitrogens with zero attached hydrogens (tertiary/aromatic N) is 2. The van der Waals surface area contributed by atoms with Crippen molar-refractivity contribution < 1.29 is 17.6 Å². The van der Waals surface area contributed by atoms with Crippen LogP contribution in [0, 0.1) is 11.3 Å². The number of benzene rings is 1. The molecule has 7 heteroatoms. The van der Waals surface area contributed by atoms with E-state index in [1.165, 1.54) is 5.56 Å². The number of sulfonamides is 1. The third-order valence-electron chi connectivity index (χ3n) is 5.98. The molecule has 29 heavy (non-hydrogen) atoms. The lowest BCUT2D eigenvalue weighted by molar-refractivity contribution is 0.0310. The lowest BCUT2D eigenvalue weighted by Gasteiger charge is -2.45. The number of furan rings is 1. The molecule has 2 aliphatic rings. The smallest absolute Gasteiger partial charge is 0.246 e. The van der Waals surface area contributed by atoms with Gasteiger partial charge in [0.1, 0.15) is 10.6 Å². The molecule has 0 bridgehead atoms. The van der Waals surface area contributed by atoms with Crippen molar-refractivity contribution in [3.63, 3.8) is 0 Å². The summed E-state index contributed by atoms with van der Waals surface area (Å²) >= 11 is 0. The zero-order valence-electron chi connectivity index (χ0n) is 17.2. The van der Waals surface area contributed by atoms with Crippen LogP contribution in [0.25, 0.3) is 0 Å². The van der Waals surface area contributed by atoms with E-state index in [0.717, 1.165) is 32.5 Å². The van der Waals surface area contributed by atoms with Crippen LogP contribution in [0.5, 0.6) is 5.75 Å². The van der Waals surface area contributed by atoms with Crippen molar-refractivity contribution in [1.29, 1.82) is 0 Å². The van der Waals surface area contributed by atoms with Crippen LogP contribution in [-0.2, 0) is 16.6 Å². The highest BCUT2D eigenvalue weighted by atomic mass is 32.2. The van der Waals surface area contributed by atoms with Gasteiger partial charge in [-0.15, -0.1) is 0 Å². The molecule has 6 nitrogen and oxygen atoms in total. The third kappa shape index (κ3) is 4.37. The maximum atomic E-state index is 13.4. The quantitative estimate of drug-likeness (QED) is 0.759. The molecule has 3 heterocycles. The van der Waals surface area contributed by atoms with Gasteiger partial charge in [0, 0.05) is 30.6 Å². The van der Waals surface area contributed by atoms with Crippen LogP contribution in [0.15, 0.2) is 52.2 Å². The minimum Gasteiger partial charge on any atom is -0.492 e. The van der Waals surface area contributed by atoms with Gasteiger partial charge in [0.25, 0.3) is 0 Å². The Kier molecular flexibility index (Phi) is 5.73. The van der Waals surface area contributed by atoms with Crippen molar-refractivity contribution in [2.45, 2.75) is 38.1 Å². The van der Waals surface area contributed by atoms with E-state index in [0.29, 0.717) is 25.4 Å². The minimum absolute atomic E-state index is 0.164. The number of hydrogen-bond acceptors (Lipinski definition) is 5. The van der Waals surface area contributed by atoms with Crippen LogP contribution in [0.2, 0.25) is 0 Å². The molecule has 1 fully saturated rings. The van der Waals surface area contributed by atoms with Gasteiger partial charge in [0.2, 0.25) is 10.0 Å². The normalized spacial score (nSPS) is 22.0. The molecular formula is C22H30N2O4S. The number of likely N-dealkylation sites (tertiary alicyclic amines) is 1. The Morgan fingerprint density at radius 1 is 1.14 bits per heavy atom. The first-order valence-electron chi connectivity index (χ1n) is 10.3. The molecule has 0 amide bonds. The lowest BCUT2D eigenvalue weighted by Crippen LogP contribution is -2.52. The second-order valence-corrected chi connectivity index (χ2v) is 10.7. The summed E-state index contributed by atoms with van der Waals surface area (Å²) in [6.45, 7) is 8.43. The van der Waals surface area contributed by atoms with Gasteiger partial charge < -0.3 is 9.15 Å². The van der Waals surface area contributed by atoms with Gasteiger partial charge in [-0.05, 0) is 50.0 Å². The van der Waals surface area contributed by atoms with E-state index in [1.54, 1.807) is 35.0 Å². The number of para-hydroxylation sites is 1. The molecule has 0 aliphatic carbocycles.